The lowest BCUT2D eigenvalue weighted by Crippen LogP contribution is -2.21. The predicted molar refractivity (Wildman–Crippen MR) is 51.1 cm³/mol. The highest BCUT2D eigenvalue weighted by atomic mass is 16.3. The zero-order chi connectivity index (χ0) is 9.68. The van der Waals surface area contributed by atoms with Gasteiger partial charge in [-0.1, -0.05) is 30.3 Å². The lowest BCUT2D eigenvalue weighted by atomic mass is 10.0. The molecule has 2 unspecified atom stereocenters. The van der Waals surface area contributed by atoms with Gasteiger partial charge in [-0.3, -0.25) is 0 Å². The number of hydrogen-bond acceptors (Lipinski definition) is 3. The van der Waals surface area contributed by atoms with E-state index in [0.29, 0.717) is 6.42 Å². The molecule has 3 nitrogen and oxygen atoms in total. The maximum atomic E-state index is 9.16. The van der Waals surface area contributed by atoms with Crippen molar-refractivity contribution in [3.05, 3.63) is 35.9 Å². The van der Waals surface area contributed by atoms with Crippen LogP contribution < -0.4 is 5.73 Å². The molecule has 0 amide bonds. The van der Waals surface area contributed by atoms with Crippen LogP contribution in [0.2, 0.25) is 0 Å². The number of benzene rings is 1. The van der Waals surface area contributed by atoms with Crippen molar-refractivity contribution in [2.45, 2.75) is 18.6 Å². The van der Waals surface area contributed by atoms with Gasteiger partial charge in [0.15, 0.2) is 0 Å². The first kappa shape index (κ1) is 10.2. The largest absolute Gasteiger partial charge is 0.394 e. The van der Waals surface area contributed by atoms with Crippen LogP contribution in [-0.4, -0.2) is 22.9 Å². The van der Waals surface area contributed by atoms with Gasteiger partial charge in [0.25, 0.3) is 0 Å². The van der Waals surface area contributed by atoms with Gasteiger partial charge in [0.05, 0.1) is 12.7 Å². The minimum Gasteiger partial charge on any atom is -0.394 e. The SMILES string of the molecule is NC(CC(O)CO)c1ccccc1. The van der Waals surface area contributed by atoms with Gasteiger partial charge in [0, 0.05) is 6.04 Å². The summed E-state index contributed by atoms with van der Waals surface area (Å²) in [6.07, 6.45) is -0.337. The van der Waals surface area contributed by atoms with Crippen LogP contribution in [0.3, 0.4) is 0 Å². The topological polar surface area (TPSA) is 66.5 Å². The van der Waals surface area contributed by atoms with E-state index in [2.05, 4.69) is 0 Å². The molecule has 0 aliphatic carbocycles. The van der Waals surface area contributed by atoms with E-state index in [-0.39, 0.29) is 12.6 Å². The Bertz CT molecular complexity index is 238. The summed E-state index contributed by atoms with van der Waals surface area (Å²) in [6, 6.07) is 9.34. The van der Waals surface area contributed by atoms with E-state index >= 15 is 0 Å². The van der Waals surface area contributed by atoms with E-state index in [1.165, 1.54) is 0 Å². The molecule has 0 spiro atoms. The fourth-order valence-corrected chi connectivity index (χ4v) is 1.20. The molecule has 1 rings (SSSR count). The molecule has 0 saturated heterocycles. The molecule has 13 heavy (non-hydrogen) atoms. The molecule has 72 valence electrons. The third-order valence-corrected chi connectivity index (χ3v) is 1.96. The van der Waals surface area contributed by atoms with Crippen molar-refractivity contribution in [1.82, 2.24) is 0 Å². The molecule has 0 bridgehead atoms. The molecule has 2 atom stereocenters. The minimum absolute atomic E-state index is 0.205. The Hall–Kier alpha value is -0.900. The predicted octanol–water partition coefficient (Wildman–Crippen LogP) is 0.430. The summed E-state index contributed by atoms with van der Waals surface area (Å²) in [5, 5.41) is 17.8. The Labute approximate surface area is 77.8 Å². The summed E-state index contributed by atoms with van der Waals surface area (Å²) in [5.74, 6) is 0. The zero-order valence-electron chi connectivity index (χ0n) is 7.43. The number of hydrogen-bond donors (Lipinski definition) is 3. The molecule has 0 aromatic heterocycles. The van der Waals surface area contributed by atoms with E-state index < -0.39 is 6.10 Å². The Morgan fingerprint density at radius 1 is 1.23 bits per heavy atom. The molecule has 0 heterocycles. The first-order chi connectivity index (χ1) is 6.24. The van der Waals surface area contributed by atoms with Gasteiger partial charge in [-0.25, -0.2) is 0 Å². The van der Waals surface area contributed by atoms with Crippen LogP contribution in [0.25, 0.3) is 0 Å². The molecule has 0 fully saturated rings. The van der Waals surface area contributed by atoms with Gasteiger partial charge in [-0.05, 0) is 12.0 Å². The zero-order valence-corrected chi connectivity index (χ0v) is 7.43. The van der Waals surface area contributed by atoms with Crippen LogP contribution in [0.5, 0.6) is 0 Å². The van der Waals surface area contributed by atoms with Crippen molar-refractivity contribution in [1.29, 1.82) is 0 Å². The minimum atomic E-state index is -0.727. The van der Waals surface area contributed by atoms with Gasteiger partial charge >= 0.3 is 0 Å². The summed E-state index contributed by atoms with van der Waals surface area (Å²) in [4.78, 5) is 0. The Balaban J connectivity index is 2.53. The normalized spacial score (nSPS) is 15.3. The summed E-state index contributed by atoms with van der Waals surface area (Å²) in [6.45, 7) is -0.236. The van der Waals surface area contributed by atoms with Gasteiger partial charge in [-0.2, -0.15) is 0 Å². The summed E-state index contributed by atoms with van der Waals surface area (Å²) in [5.41, 5.74) is 6.78. The molecule has 0 aliphatic rings. The standard InChI is InChI=1S/C10H15NO2/c11-10(6-9(13)7-12)8-4-2-1-3-5-8/h1-5,9-10,12-13H,6-7,11H2. The monoisotopic (exact) mass is 181 g/mol. The van der Waals surface area contributed by atoms with Crippen molar-refractivity contribution < 1.29 is 10.2 Å². The van der Waals surface area contributed by atoms with Crippen LogP contribution in [0, 0.1) is 0 Å². The van der Waals surface area contributed by atoms with E-state index in [1.807, 2.05) is 30.3 Å². The quantitative estimate of drug-likeness (QED) is 0.631. The van der Waals surface area contributed by atoms with Crippen molar-refractivity contribution in [3.8, 4) is 0 Å². The van der Waals surface area contributed by atoms with E-state index in [1.54, 1.807) is 0 Å². The van der Waals surface area contributed by atoms with E-state index in [0.717, 1.165) is 5.56 Å². The average molecular weight is 181 g/mol. The fraction of sp³-hybridized carbons (Fsp3) is 0.400. The summed E-state index contributed by atoms with van der Waals surface area (Å²) in [7, 11) is 0. The smallest absolute Gasteiger partial charge is 0.0789 e. The van der Waals surface area contributed by atoms with Crippen LogP contribution in [0.1, 0.15) is 18.0 Å². The lowest BCUT2D eigenvalue weighted by molar-refractivity contribution is 0.0826. The molecular weight excluding hydrogens is 166 g/mol. The number of aliphatic hydroxyl groups is 2. The molecule has 4 N–H and O–H groups in total. The van der Waals surface area contributed by atoms with Crippen molar-refractivity contribution in [2.24, 2.45) is 5.73 Å². The summed E-state index contributed by atoms with van der Waals surface area (Å²) >= 11 is 0. The fourth-order valence-electron chi connectivity index (χ4n) is 1.20. The second-order valence-electron chi connectivity index (χ2n) is 3.09. The third-order valence-electron chi connectivity index (χ3n) is 1.96. The van der Waals surface area contributed by atoms with Crippen LogP contribution in [0.15, 0.2) is 30.3 Å². The highest BCUT2D eigenvalue weighted by Gasteiger charge is 2.10. The third kappa shape index (κ3) is 3.14. The molecule has 1 aromatic carbocycles. The molecule has 3 heteroatoms. The first-order valence-corrected chi connectivity index (χ1v) is 4.33. The Morgan fingerprint density at radius 2 is 1.85 bits per heavy atom. The second-order valence-corrected chi connectivity index (χ2v) is 3.09. The molecule has 0 saturated carbocycles. The maximum Gasteiger partial charge on any atom is 0.0789 e. The highest BCUT2D eigenvalue weighted by molar-refractivity contribution is 5.18. The summed E-state index contributed by atoms with van der Waals surface area (Å²) < 4.78 is 0. The van der Waals surface area contributed by atoms with Gasteiger partial charge in [0.1, 0.15) is 0 Å². The molecule has 0 aliphatic heterocycles. The Kier molecular flexibility index (Phi) is 3.89. The van der Waals surface area contributed by atoms with Crippen molar-refractivity contribution in [2.75, 3.05) is 6.61 Å². The number of nitrogens with two attached hydrogens (primary N) is 1. The Morgan fingerprint density at radius 3 is 2.38 bits per heavy atom. The van der Waals surface area contributed by atoms with Gasteiger partial charge < -0.3 is 15.9 Å². The average Bonchev–Trinajstić information content (AvgIpc) is 2.19. The van der Waals surface area contributed by atoms with Gasteiger partial charge in [-0.15, -0.1) is 0 Å². The number of rotatable bonds is 4. The van der Waals surface area contributed by atoms with E-state index in [9.17, 15) is 0 Å². The molecule has 1 aromatic rings. The van der Waals surface area contributed by atoms with Crippen molar-refractivity contribution >= 4 is 0 Å². The van der Waals surface area contributed by atoms with Crippen LogP contribution in [0.4, 0.5) is 0 Å². The second kappa shape index (κ2) is 4.97. The molecular formula is C10H15NO2. The number of aliphatic hydroxyl groups excluding tert-OH is 2. The highest BCUT2D eigenvalue weighted by Crippen LogP contribution is 2.14. The van der Waals surface area contributed by atoms with Crippen molar-refractivity contribution in [3.63, 3.8) is 0 Å². The van der Waals surface area contributed by atoms with Crippen LogP contribution >= 0.6 is 0 Å². The lowest BCUT2D eigenvalue weighted by Gasteiger charge is -2.14. The van der Waals surface area contributed by atoms with Crippen LogP contribution in [-0.2, 0) is 0 Å². The van der Waals surface area contributed by atoms with Gasteiger partial charge in [0.2, 0.25) is 0 Å². The maximum absolute atomic E-state index is 9.16. The molecule has 0 radical (unpaired) electrons. The van der Waals surface area contributed by atoms with E-state index in [4.69, 9.17) is 15.9 Å². The first-order valence-electron chi connectivity index (χ1n) is 4.33.